The lowest BCUT2D eigenvalue weighted by Crippen LogP contribution is -2.61. The van der Waals surface area contributed by atoms with Crippen LogP contribution in [0.4, 0.5) is 0 Å². The Balaban J connectivity index is 2.81. The third-order valence-electron chi connectivity index (χ3n) is 12.5. The number of carbonyl (C=O) groups excluding carboxylic acids is 2. The molecule has 1 aliphatic rings. The van der Waals surface area contributed by atoms with E-state index in [9.17, 15) is 35.1 Å². The van der Waals surface area contributed by atoms with Crippen molar-refractivity contribution in [3.63, 3.8) is 0 Å². The molecule has 0 aromatic rings. The number of amides is 1. The number of hydrogen-bond acceptors (Lipinski definition) is 10. The highest BCUT2D eigenvalue weighted by Gasteiger charge is 2.47. The van der Waals surface area contributed by atoms with Crippen LogP contribution in [-0.2, 0) is 23.8 Å². The van der Waals surface area contributed by atoms with E-state index in [0.717, 1.165) is 83.5 Å². The van der Waals surface area contributed by atoms with Gasteiger partial charge in [-0.05, 0) is 83.5 Å². The van der Waals surface area contributed by atoms with Gasteiger partial charge in [-0.3, -0.25) is 9.59 Å². The highest BCUT2D eigenvalue weighted by molar-refractivity contribution is 5.81. The average Bonchev–Trinajstić information content (AvgIpc) is 3.37. The Hall–Kier alpha value is -3.42. The first-order chi connectivity index (χ1) is 34.7. The minimum absolute atomic E-state index is 0.0522. The van der Waals surface area contributed by atoms with Gasteiger partial charge in [0, 0.05) is 12.8 Å². The zero-order chi connectivity index (χ0) is 51.8. The number of ether oxygens (including phenoxy) is 3. The Labute approximate surface area is 431 Å². The van der Waals surface area contributed by atoms with Crippen LogP contribution in [0.3, 0.4) is 0 Å². The van der Waals surface area contributed by atoms with Crippen LogP contribution in [0.5, 0.6) is 0 Å². The lowest BCUT2D eigenvalue weighted by Gasteiger charge is -2.41. The second-order valence-corrected chi connectivity index (χ2v) is 18.9. The molecule has 406 valence electrons. The van der Waals surface area contributed by atoms with Crippen LogP contribution in [0.2, 0.25) is 0 Å². The van der Waals surface area contributed by atoms with Gasteiger partial charge in [-0.15, -0.1) is 0 Å². The summed E-state index contributed by atoms with van der Waals surface area (Å²) in [6.07, 6.45) is 51.9. The fourth-order valence-corrected chi connectivity index (χ4v) is 8.01. The number of carbonyl (C=O) groups is 2. The van der Waals surface area contributed by atoms with Gasteiger partial charge in [0.25, 0.3) is 0 Å². The molecule has 1 aliphatic heterocycles. The molecular formula is C60H101NO10. The normalized spacial score (nSPS) is 20.4. The van der Waals surface area contributed by atoms with Crippen molar-refractivity contribution in [3.05, 3.63) is 97.2 Å². The molecule has 8 atom stereocenters. The largest absolute Gasteiger partial charge is 0.454 e. The molecule has 0 aromatic heterocycles. The standard InChI is InChI=1S/C60H101NO10/c1-4-7-10-13-16-19-22-24-25-26-27-28-30-32-35-38-41-44-47-53(64)59(68)61-51(52(63)46-43-40-37-34-31-21-18-15-12-9-6-3)50-69-60-58(57(67)56(66)54(49-62)70-60)71-55(65)48-45-42-39-36-33-29-23-20-17-14-11-8-5-2/h7,10,16,19,24-25,27-29,32-33,35,41,43-44,46,51-54,56-58,60,62-64,66-67H,4-6,8-9,11-15,17-18,20-23,26,30-31,34,36-40,42,45,47-50H2,1-3H3,(H,61,68)/b10-7-,19-16-,25-24-,28-27-,33-29-,35-32-,44-41-,46-43+. The second-order valence-electron chi connectivity index (χ2n) is 18.9. The smallest absolute Gasteiger partial charge is 0.306 e. The number of aliphatic hydroxyl groups excluding tert-OH is 5. The summed E-state index contributed by atoms with van der Waals surface area (Å²) in [5, 5.41) is 56.6. The zero-order valence-electron chi connectivity index (χ0n) is 44.6. The number of unbranched alkanes of at least 4 members (excludes halogenated alkanes) is 18. The van der Waals surface area contributed by atoms with Gasteiger partial charge in [-0.25, -0.2) is 0 Å². The SMILES string of the molecule is CC/C=C\C/C=C\C/C=C\C/C=C\C/C=C\C/C=C\CC(O)C(=O)NC(COC1OC(CO)C(O)C(O)C1OC(=O)CCCCC/C=C\CCCCCCCC)C(O)/C=C/CCCCCCCCCCC. The van der Waals surface area contributed by atoms with E-state index in [1.165, 1.54) is 77.0 Å². The molecular weight excluding hydrogens is 895 g/mol. The Kier molecular flexibility index (Phi) is 44.0. The van der Waals surface area contributed by atoms with E-state index in [1.807, 2.05) is 18.2 Å². The monoisotopic (exact) mass is 996 g/mol. The van der Waals surface area contributed by atoms with Crippen molar-refractivity contribution in [1.29, 1.82) is 0 Å². The fraction of sp³-hybridized carbons (Fsp3) is 0.700. The number of rotatable bonds is 45. The molecule has 8 unspecified atom stereocenters. The quantitative estimate of drug-likeness (QED) is 0.0196. The second kappa shape index (κ2) is 47.6. The van der Waals surface area contributed by atoms with E-state index in [4.69, 9.17) is 14.2 Å². The maximum Gasteiger partial charge on any atom is 0.306 e. The van der Waals surface area contributed by atoms with Crippen LogP contribution in [0, 0.1) is 0 Å². The Bertz CT molecular complexity index is 1520. The summed E-state index contributed by atoms with van der Waals surface area (Å²) in [7, 11) is 0. The summed E-state index contributed by atoms with van der Waals surface area (Å²) in [6.45, 7) is 5.57. The van der Waals surface area contributed by atoms with E-state index < -0.39 is 67.4 Å². The fourth-order valence-electron chi connectivity index (χ4n) is 8.01. The Morgan fingerprint density at radius 2 is 1.01 bits per heavy atom. The lowest BCUT2D eigenvalue weighted by molar-refractivity contribution is -0.305. The third kappa shape index (κ3) is 36.2. The zero-order valence-corrected chi connectivity index (χ0v) is 44.6. The molecule has 0 radical (unpaired) electrons. The molecule has 0 saturated carbocycles. The van der Waals surface area contributed by atoms with Gasteiger partial charge in [0.1, 0.15) is 24.4 Å². The Morgan fingerprint density at radius 3 is 1.51 bits per heavy atom. The van der Waals surface area contributed by atoms with Gasteiger partial charge in [0.2, 0.25) is 5.91 Å². The first kappa shape index (κ1) is 65.6. The van der Waals surface area contributed by atoms with Crippen molar-refractivity contribution in [2.75, 3.05) is 13.2 Å². The molecule has 0 aromatic carbocycles. The van der Waals surface area contributed by atoms with Gasteiger partial charge < -0.3 is 45.1 Å². The number of nitrogens with one attached hydrogen (secondary N) is 1. The van der Waals surface area contributed by atoms with E-state index >= 15 is 0 Å². The van der Waals surface area contributed by atoms with Gasteiger partial charge >= 0.3 is 5.97 Å². The number of allylic oxidation sites excluding steroid dienone is 14. The molecule has 1 heterocycles. The summed E-state index contributed by atoms with van der Waals surface area (Å²) in [5.41, 5.74) is 0. The average molecular weight is 996 g/mol. The highest BCUT2D eigenvalue weighted by Crippen LogP contribution is 2.26. The number of hydrogen-bond donors (Lipinski definition) is 6. The van der Waals surface area contributed by atoms with Gasteiger partial charge in [-0.1, -0.05) is 208 Å². The molecule has 0 aliphatic carbocycles. The minimum Gasteiger partial charge on any atom is -0.454 e. The predicted molar refractivity (Wildman–Crippen MR) is 292 cm³/mol. The maximum absolute atomic E-state index is 13.3. The van der Waals surface area contributed by atoms with Crippen LogP contribution < -0.4 is 5.32 Å². The topological polar surface area (TPSA) is 175 Å². The summed E-state index contributed by atoms with van der Waals surface area (Å²) in [5.74, 6) is -1.31. The minimum atomic E-state index is -1.64. The lowest BCUT2D eigenvalue weighted by atomic mass is 9.99. The number of esters is 1. The molecule has 1 amide bonds. The van der Waals surface area contributed by atoms with Crippen LogP contribution in [0.25, 0.3) is 0 Å². The first-order valence-electron chi connectivity index (χ1n) is 28.0. The van der Waals surface area contributed by atoms with Gasteiger partial charge in [0.15, 0.2) is 12.4 Å². The van der Waals surface area contributed by atoms with Gasteiger partial charge in [-0.2, -0.15) is 0 Å². The van der Waals surface area contributed by atoms with Crippen LogP contribution in [-0.4, -0.2) is 99.6 Å². The molecule has 0 spiro atoms. The van der Waals surface area contributed by atoms with E-state index in [-0.39, 0.29) is 19.4 Å². The molecule has 71 heavy (non-hydrogen) atoms. The maximum atomic E-state index is 13.3. The van der Waals surface area contributed by atoms with Crippen molar-refractivity contribution >= 4 is 11.9 Å². The summed E-state index contributed by atoms with van der Waals surface area (Å²) in [6, 6.07) is -1.07. The van der Waals surface area contributed by atoms with E-state index in [1.54, 1.807) is 12.2 Å². The van der Waals surface area contributed by atoms with Crippen molar-refractivity contribution < 1.29 is 49.3 Å². The van der Waals surface area contributed by atoms with E-state index in [0.29, 0.717) is 12.8 Å². The van der Waals surface area contributed by atoms with Gasteiger partial charge in [0.05, 0.1) is 25.4 Å². The van der Waals surface area contributed by atoms with Crippen molar-refractivity contribution in [1.82, 2.24) is 5.32 Å². The first-order valence-corrected chi connectivity index (χ1v) is 28.0. The van der Waals surface area contributed by atoms with Crippen molar-refractivity contribution in [2.24, 2.45) is 0 Å². The molecule has 1 saturated heterocycles. The van der Waals surface area contributed by atoms with Crippen molar-refractivity contribution in [2.45, 2.75) is 256 Å². The summed E-state index contributed by atoms with van der Waals surface area (Å²) in [4.78, 5) is 26.4. The molecule has 11 nitrogen and oxygen atoms in total. The molecule has 0 bridgehead atoms. The Morgan fingerprint density at radius 1 is 0.563 bits per heavy atom. The van der Waals surface area contributed by atoms with Crippen LogP contribution in [0.15, 0.2) is 97.2 Å². The molecule has 1 fully saturated rings. The molecule has 6 N–H and O–H groups in total. The predicted octanol–water partition coefficient (Wildman–Crippen LogP) is 12.4. The van der Waals surface area contributed by atoms with E-state index in [2.05, 4.69) is 92.9 Å². The van der Waals surface area contributed by atoms with Crippen LogP contribution in [0.1, 0.15) is 207 Å². The molecule has 1 rings (SSSR count). The van der Waals surface area contributed by atoms with Crippen LogP contribution >= 0.6 is 0 Å². The summed E-state index contributed by atoms with van der Waals surface area (Å²) < 4.78 is 17.5. The third-order valence-corrected chi connectivity index (χ3v) is 12.5. The van der Waals surface area contributed by atoms with Crippen molar-refractivity contribution in [3.8, 4) is 0 Å². The molecule has 11 heteroatoms. The highest BCUT2D eigenvalue weighted by atomic mass is 16.7. The number of aliphatic hydroxyl groups is 5. The summed E-state index contributed by atoms with van der Waals surface area (Å²) >= 11 is 0.